The van der Waals surface area contributed by atoms with Crippen LogP contribution in [0.25, 0.3) is 0 Å². The van der Waals surface area contributed by atoms with E-state index in [-0.39, 0.29) is 0 Å². The fourth-order valence-corrected chi connectivity index (χ4v) is 2.32. The van der Waals surface area contributed by atoms with Gasteiger partial charge in [-0.3, -0.25) is 0 Å². The standard InChI is InChI=1S/C14H20N2S/c1-10(2)9-15-14(17)16-13-7-6-11-4-3-5-12(11)8-13/h6-8,10H,3-5,9H2,1-2H3,(H2,15,16,17). The summed E-state index contributed by atoms with van der Waals surface area (Å²) in [7, 11) is 0. The Bertz CT molecular complexity index is 413. The maximum atomic E-state index is 5.26. The Morgan fingerprint density at radius 1 is 1.29 bits per heavy atom. The Balaban J connectivity index is 1.92. The molecule has 0 amide bonds. The average Bonchev–Trinajstić information content (AvgIpc) is 2.73. The van der Waals surface area contributed by atoms with E-state index in [1.807, 2.05) is 0 Å². The van der Waals surface area contributed by atoms with Gasteiger partial charge in [-0.25, -0.2) is 0 Å². The van der Waals surface area contributed by atoms with Crippen molar-refractivity contribution in [3.05, 3.63) is 29.3 Å². The number of thiocarbonyl (C=S) groups is 1. The second-order valence-corrected chi connectivity index (χ2v) is 5.47. The number of fused-ring (bicyclic) bond motifs is 1. The van der Waals surface area contributed by atoms with Crippen LogP contribution in [0, 0.1) is 5.92 Å². The molecule has 0 bridgehead atoms. The molecule has 2 N–H and O–H groups in total. The summed E-state index contributed by atoms with van der Waals surface area (Å²) in [5, 5.41) is 7.19. The van der Waals surface area contributed by atoms with Crippen LogP contribution in [-0.4, -0.2) is 11.7 Å². The minimum absolute atomic E-state index is 0.606. The molecule has 3 heteroatoms. The molecule has 0 aromatic heterocycles. The number of benzene rings is 1. The Labute approximate surface area is 109 Å². The highest BCUT2D eigenvalue weighted by Crippen LogP contribution is 2.24. The van der Waals surface area contributed by atoms with E-state index < -0.39 is 0 Å². The van der Waals surface area contributed by atoms with Crippen LogP contribution in [0.4, 0.5) is 5.69 Å². The van der Waals surface area contributed by atoms with Crippen LogP contribution in [0.1, 0.15) is 31.4 Å². The van der Waals surface area contributed by atoms with E-state index in [1.165, 1.54) is 30.4 Å². The first-order valence-corrected chi connectivity index (χ1v) is 6.72. The predicted octanol–water partition coefficient (Wildman–Crippen LogP) is 3.12. The lowest BCUT2D eigenvalue weighted by molar-refractivity contribution is 0.627. The van der Waals surface area contributed by atoms with Crippen molar-refractivity contribution in [1.82, 2.24) is 5.32 Å². The van der Waals surface area contributed by atoms with Crippen molar-refractivity contribution >= 4 is 23.0 Å². The van der Waals surface area contributed by atoms with Crippen molar-refractivity contribution in [2.45, 2.75) is 33.1 Å². The van der Waals surface area contributed by atoms with E-state index >= 15 is 0 Å². The molecule has 1 aliphatic rings. The minimum Gasteiger partial charge on any atom is -0.362 e. The van der Waals surface area contributed by atoms with E-state index in [0.717, 1.165) is 17.3 Å². The molecule has 0 radical (unpaired) electrons. The maximum absolute atomic E-state index is 5.26. The lowest BCUT2D eigenvalue weighted by Gasteiger charge is -2.13. The highest BCUT2D eigenvalue weighted by Gasteiger charge is 2.10. The second-order valence-electron chi connectivity index (χ2n) is 5.07. The van der Waals surface area contributed by atoms with Gasteiger partial charge >= 0.3 is 0 Å². The van der Waals surface area contributed by atoms with Gasteiger partial charge < -0.3 is 10.6 Å². The first kappa shape index (κ1) is 12.4. The largest absolute Gasteiger partial charge is 0.362 e. The molecule has 0 atom stereocenters. The van der Waals surface area contributed by atoms with Crippen LogP contribution in [0.15, 0.2) is 18.2 Å². The number of hydrogen-bond acceptors (Lipinski definition) is 1. The third-order valence-corrected chi connectivity index (χ3v) is 3.27. The molecule has 0 aliphatic heterocycles. The monoisotopic (exact) mass is 248 g/mol. The van der Waals surface area contributed by atoms with Crippen molar-refractivity contribution in [2.75, 3.05) is 11.9 Å². The lowest BCUT2D eigenvalue weighted by Crippen LogP contribution is -2.31. The third-order valence-electron chi connectivity index (χ3n) is 3.03. The van der Waals surface area contributed by atoms with Crippen LogP contribution >= 0.6 is 12.2 Å². The van der Waals surface area contributed by atoms with Gasteiger partial charge in [0.25, 0.3) is 0 Å². The second kappa shape index (κ2) is 5.50. The highest BCUT2D eigenvalue weighted by atomic mass is 32.1. The van der Waals surface area contributed by atoms with E-state index in [2.05, 4.69) is 42.7 Å². The molecular weight excluding hydrogens is 228 g/mol. The number of anilines is 1. The quantitative estimate of drug-likeness (QED) is 0.804. The van der Waals surface area contributed by atoms with Gasteiger partial charge in [0.1, 0.15) is 0 Å². The number of aryl methyl sites for hydroxylation is 2. The molecule has 17 heavy (non-hydrogen) atoms. The summed E-state index contributed by atoms with van der Waals surface area (Å²) in [5.74, 6) is 0.606. The topological polar surface area (TPSA) is 24.1 Å². The van der Waals surface area contributed by atoms with Crippen molar-refractivity contribution in [1.29, 1.82) is 0 Å². The SMILES string of the molecule is CC(C)CNC(=S)Nc1ccc2c(c1)CCC2. The molecule has 1 aromatic carbocycles. The molecule has 0 unspecified atom stereocenters. The number of hydrogen-bond donors (Lipinski definition) is 2. The van der Waals surface area contributed by atoms with Crippen molar-refractivity contribution in [2.24, 2.45) is 5.92 Å². The molecule has 0 saturated carbocycles. The van der Waals surface area contributed by atoms with Crippen LogP contribution in [0.5, 0.6) is 0 Å². The molecule has 2 nitrogen and oxygen atoms in total. The average molecular weight is 248 g/mol. The molecule has 2 rings (SSSR count). The zero-order valence-electron chi connectivity index (χ0n) is 10.5. The Hall–Kier alpha value is -1.09. The Kier molecular flexibility index (Phi) is 4.00. The van der Waals surface area contributed by atoms with Gasteiger partial charge in [-0.15, -0.1) is 0 Å². The first-order valence-electron chi connectivity index (χ1n) is 6.32. The molecule has 92 valence electrons. The molecule has 1 aliphatic carbocycles. The summed E-state index contributed by atoms with van der Waals surface area (Å²) in [4.78, 5) is 0. The van der Waals surface area contributed by atoms with Crippen LogP contribution in [0.3, 0.4) is 0 Å². The van der Waals surface area contributed by atoms with Gasteiger partial charge in [0, 0.05) is 12.2 Å². The Morgan fingerprint density at radius 3 is 2.82 bits per heavy atom. The number of nitrogens with one attached hydrogen (secondary N) is 2. The van der Waals surface area contributed by atoms with Crippen molar-refractivity contribution in [3.8, 4) is 0 Å². The highest BCUT2D eigenvalue weighted by molar-refractivity contribution is 7.80. The number of rotatable bonds is 3. The van der Waals surface area contributed by atoms with Gasteiger partial charge in [-0.2, -0.15) is 0 Å². The molecule has 0 fully saturated rings. The van der Waals surface area contributed by atoms with Crippen molar-refractivity contribution in [3.63, 3.8) is 0 Å². The van der Waals surface area contributed by atoms with Crippen LogP contribution < -0.4 is 10.6 Å². The zero-order valence-corrected chi connectivity index (χ0v) is 11.4. The summed E-state index contributed by atoms with van der Waals surface area (Å²) in [6.07, 6.45) is 3.72. The van der Waals surface area contributed by atoms with E-state index in [9.17, 15) is 0 Å². The molecule has 0 saturated heterocycles. The van der Waals surface area contributed by atoms with E-state index in [0.29, 0.717) is 5.92 Å². The third kappa shape index (κ3) is 3.43. The maximum Gasteiger partial charge on any atom is 0.170 e. The fraction of sp³-hybridized carbons (Fsp3) is 0.500. The lowest BCUT2D eigenvalue weighted by atomic mass is 10.1. The van der Waals surface area contributed by atoms with Gasteiger partial charge in [-0.1, -0.05) is 19.9 Å². The zero-order chi connectivity index (χ0) is 12.3. The normalized spacial score (nSPS) is 13.6. The smallest absolute Gasteiger partial charge is 0.170 e. The predicted molar refractivity (Wildman–Crippen MR) is 77.5 cm³/mol. The van der Waals surface area contributed by atoms with Gasteiger partial charge in [-0.05, 0) is 60.7 Å². The van der Waals surface area contributed by atoms with Crippen LogP contribution in [0.2, 0.25) is 0 Å². The van der Waals surface area contributed by atoms with E-state index in [4.69, 9.17) is 12.2 Å². The van der Waals surface area contributed by atoms with E-state index in [1.54, 1.807) is 0 Å². The minimum atomic E-state index is 0.606. The summed E-state index contributed by atoms with van der Waals surface area (Å²) in [6.45, 7) is 5.26. The summed E-state index contributed by atoms with van der Waals surface area (Å²) in [6, 6.07) is 6.56. The summed E-state index contributed by atoms with van der Waals surface area (Å²) < 4.78 is 0. The summed E-state index contributed by atoms with van der Waals surface area (Å²) >= 11 is 5.26. The van der Waals surface area contributed by atoms with Gasteiger partial charge in [0.15, 0.2) is 5.11 Å². The van der Waals surface area contributed by atoms with Crippen LogP contribution in [-0.2, 0) is 12.8 Å². The first-order chi connectivity index (χ1) is 8.15. The van der Waals surface area contributed by atoms with Gasteiger partial charge in [0.2, 0.25) is 0 Å². The molecule has 0 heterocycles. The van der Waals surface area contributed by atoms with Gasteiger partial charge in [0.05, 0.1) is 0 Å². The fourth-order valence-electron chi connectivity index (χ4n) is 2.12. The summed E-state index contributed by atoms with van der Waals surface area (Å²) in [5.41, 5.74) is 4.07. The Morgan fingerprint density at radius 2 is 2.06 bits per heavy atom. The molecule has 1 aromatic rings. The molecular formula is C14H20N2S. The van der Waals surface area contributed by atoms with Crippen molar-refractivity contribution < 1.29 is 0 Å². The molecule has 0 spiro atoms.